The SMILES string of the molecule is CCC1CC2CC2C1C. The van der Waals surface area contributed by atoms with E-state index in [2.05, 4.69) is 13.8 Å². The molecule has 2 rings (SSSR count). The number of rotatable bonds is 1. The fraction of sp³-hybridized carbons (Fsp3) is 1.00. The van der Waals surface area contributed by atoms with E-state index < -0.39 is 0 Å². The first-order valence-corrected chi connectivity index (χ1v) is 4.33. The fourth-order valence-electron chi connectivity index (χ4n) is 2.68. The predicted octanol–water partition coefficient (Wildman–Crippen LogP) is 2.69. The van der Waals surface area contributed by atoms with E-state index in [-0.39, 0.29) is 0 Å². The van der Waals surface area contributed by atoms with Crippen LogP contribution in [0.3, 0.4) is 0 Å². The van der Waals surface area contributed by atoms with Crippen molar-refractivity contribution >= 4 is 0 Å². The lowest BCUT2D eigenvalue weighted by molar-refractivity contribution is 0.353. The van der Waals surface area contributed by atoms with Crippen molar-refractivity contribution < 1.29 is 0 Å². The van der Waals surface area contributed by atoms with Gasteiger partial charge in [0, 0.05) is 0 Å². The standard InChI is InChI=1S/C9H16/c1-3-7-4-8-5-9(8)6(7)2/h6-9H,3-5H2,1-2H3. The Kier molecular flexibility index (Phi) is 1.12. The zero-order valence-corrected chi connectivity index (χ0v) is 6.43. The van der Waals surface area contributed by atoms with Crippen LogP contribution < -0.4 is 0 Å². The van der Waals surface area contributed by atoms with Gasteiger partial charge in [0.2, 0.25) is 0 Å². The van der Waals surface area contributed by atoms with E-state index in [9.17, 15) is 0 Å². The molecule has 2 fully saturated rings. The molecule has 0 aliphatic heterocycles. The first-order valence-electron chi connectivity index (χ1n) is 4.33. The summed E-state index contributed by atoms with van der Waals surface area (Å²) >= 11 is 0. The maximum atomic E-state index is 2.45. The van der Waals surface area contributed by atoms with Crippen LogP contribution in [-0.2, 0) is 0 Å². The highest BCUT2D eigenvalue weighted by atomic mass is 14.5. The van der Waals surface area contributed by atoms with E-state index in [0.717, 1.165) is 17.8 Å². The molecule has 0 spiro atoms. The second kappa shape index (κ2) is 1.74. The van der Waals surface area contributed by atoms with Crippen molar-refractivity contribution in [1.82, 2.24) is 0 Å². The molecule has 0 aromatic rings. The minimum absolute atomic E-state index is 1.07. The summed E-state index contributed by atoms with van der Waals surface area (Å²) in [6.07, 6.45) is 4.55. The topological polar surface area (TPSA) is 0 Å². The van der Waals surface area contributed by atoms with E-state index in [1.165, 1.54) is 12.3 Å². The van der Waals surface area contributed by atoms with Crippen molar-refractivity contribution in [3.05, 3.63) is 0 Å². The van der Waals surface area contributed by atoms with Gasteiger partial charge in [-0.05, 0) is 36.5 Å². The quantitative estimate of drug-likeness (QED) is 0.504. The highest BCUT2D eigenvalue weighted by Crippen LogP contribution is 2.58. The van der Waals surface area contributed by atoms with Crippen molar-refractivity contribution in [2.24, 2.45) is 23.7 Å². The van der Waals surface area contributed by atoms with Gasteiger partial charge in [-0.1, -0.05) is 20.3 Å². The summed E-state index contributed by atoms with van der Waals surface area (Å²) < 4.78 is 0. The Morgan fingerprint density at radius 2 is 2.11 bits per heavy atom. The lowest BCUT2D eigenvalue weighted by Gasteiger charge is -2.15. The summed E-state index contributed by atoms with van der Waals surface area (Å²) in [6, 6.07) is 0. The number of hydrogen-bond donors (Lipinski definition) is 0. The lowest BCUT2D eigenvalue weighted by atomic mass is 9.91. The van der Waals surface area contributed by atoms with Crippen LogP contribution in [0, 0.1) is 23.7 Å². The Morgan fingerprint density at radius 3 is 2.44 bits per heavy atom. The molecule has 0 bridgehead atoms. The van der Waals surface area contributed by atoms with Crippen molar-refractivity contribution in [1.29, 1.82) is 0 Å². The molecule has 0 heteroatoms. The average molecular weight is 124 g/mol. The first-order chi connectivity index (χ1) is 4.33. The third kappa shape index (κ3) is 0.720. The van der Waals surface area contributed by atoms with Crippen molar-refractivity contribution in [2.75, 3.05) is 0 Å². The van der Waals surface area contributed by atoms with E-state index in [4.69, 9.17) is 0 Å². The van der Waals surface area contributed by atoms with Gasteiger partial charge in [-0.15, -0.1) is 0 Å². The van der Waals surface area contributed by atoms with Crippen LogP contribution in [0.1, 0.15) is 33.1 Å². The monoisotopic (exact) mass is 124 g/mol. The Balaban J connectivity index is 1.99. The van der Waals surface area contributed by atoms with Crippen molar-refractivity contribution in [3.63, 3.8) is 0 Å². The molecule has 0 aromatic heterocycles. The molecule has 4 atom stereocenters. The van der Waals surface area contributed by atoms with Gasteiger partial charge in [-0.2, -0.15) is 0 Å². The van der Waals surface area contributed by atoms with E-state index >= 15 is 0 Å². The van der Waals surface area contributed by atoms with Crippen LogP contribution in [-0.4, -0.2) is 0 Å². The van der Waals surface area contributed by atoms with Gasteiger partial charge in [-0.25, -0.2) is 0 Å². The second-order valence-corrected chi connectivity index (χ2v) is 3.92. The van der Waals surface area contributed by atoms with Gasteiger partial charge in [0.1, 0.15) is 0 Å². The van der Waals surface area contributed by atoms with Crippen LogP contribution in [0.2, 0.25) is 0 Å². The molecule has 0 saturated heterocycles. The molecule has 4 unspecified atom stereocenters. The van der Waals surface area contributed by atoms with Crippen LogP contribution in [0.25, 0.3) is 0 Å². The predicted molar refractivity (Wildman–Crippen MR) is 39.2 cm³/mol. The second-order valence-electron chi connectivity index (χ2n) is 3.92. The lowest BCUT2D eigenvalue weighted by Crippen LogP contribution is -2.06. The molecule has 0 radical (unpaired) electrons. The van der Waals surface area contributed by atoms with Gasteiger partial charge < -0.3 is 0 Å². The van der Waals surface area contributed by atoms with Gasteiger partial charge in [0.05, 0.1) is 0 Å². The van der Waals surface area contributed by atoms with Gasteiger partial charge in [-0.3, -0.25) is 0 Å². The molecule has 0 nitrogen and oxygen atoms in total. The Hall–Kier alpha value is 0. The van der Waals surface area contributed by atoms with Gasteiger partial charge in [0.15, 0.2) is 0 Å². The molecule has 9 heavy (non-hydrogen) atoms. The molecule has 0 N–H and O–H groups in total. The Labute approximate surface area is 57.6 Å². The molecule has 0 aromatic carbocycles. The van der Waals surface area contributed by atoms with E-state index in [0.29, 0.717) is 0 Å². The highest BCUT2D eigenvalue weighted by molar-refractivity contribution is 4.99. The van der Waals surface area contributed by atoms with Crippen molar-refractivity contribution in [2.45, 2.75) is 33.1 Å². The van der Waals surface area contributed by atoms with E-state index in [1.54, 1.807) is 12.8 Å². The third-order valence-electron chi connectivity index (χ3n) is 3.53. The summed E-state index contributed by atoms with van der Waals surface area (Å²) in [6.45, 7) is 4.79. The van der Waals surface area contributed by atoms with Crippen molar-refractivity contribution in [3.8, 4) is 0 Å². The first kappa shape index (κ1) is 5.76. The fourth-order valence-corrected chi connectivity index (χ4v) is 2.68. The average Bonchev–Trinajstić information content (AvgIpc) is 2.55. The molecule has 2 saturated carbocycles. The summed E-state index contributed by atoms with van der Waals surface area (Å²) in [7, 11) is 0. The van der Waals surface area contributed by atoms with Crippen LogP contribution >= 0.6 is 0 Å². The van der Waals surface area contributed by atoms with E-state index in [1.807, 2.05) is 0 Å². The summed E-state index contributed by atoms with van der Waals surface area (Å²) in [5.41, 5.74) is 0. The Morgan fingerprint density at radius 1 is 1.33 bits per heavy atom. The third-order valence-corrected chi connectivity index (χ3v) is 3.53. The number of hydrogen-bond acceptors (Lipinski definition) is 0. The molecule has 0 amide bonds. The van der Waals surface area contributed by atoms with Crippen LogP contribution in [0.15, 0.2) is 0 Å². The van der Waals surface area contributed by atoms with Gasteiger partial charge in [0.25, 0.3) is 0 Å². The maximum Gasteiger partial charge on any atom is -0.0354 e. The highest BCUT2D eigenvalue weighted by Gasteiger charge is 2.50. The minimum Gasteiger partial charge on any atom is -0.0651 e. The zero-order valence-electron chi connectivity index (χ0n) is 6.43. The summed E-state index contributed by atoms with van der Waals surface area (Å²) in [4.78, 5) is 0. The summed E-state index contributed by atoms with van der Waals surface area (Å²) in [5.74, 6) is 4.49. The molecular formula is C9H16. The van der Waals surface area contributed by atoms with Gasteiger partial charge >= 0.3 is 0 Å². The number of fused-ring (bicyclic) bond motifs is 1. The normalized spacial score (nSPS) is 55.3. The largest absolute Gasteiger partial charge is 0.0651 e. The molecule has 52 valence electrons. The molecule has 2 aliphatic rings. The maximum absolute atomic E-state index is 2.45. The minimum atomic E-state index is 1.07. The molecular weight excluding hydrogens is 108 g/mol. The van der Waals surface area contributed by atoms with Crippen LogP contribution in [0.5, 0.6) is 0 Å². The van der Waals surface area contributed by atoms with Crippen LogP contribution in [0.4, 0.5) is 0 Å². The Bertz CT molecular complexity index is 117. The zero-order chi connectivity index (χ0) is 6.43. The smallest absolute Gasteiger partial charge is 0.0354 e. The molecule has 0 heterocycles. The summed E-state index contributed by atoms with van der Waals surface area (Å²) in [5, 5.41) is 0. The molecule has 2 aliphatic carbocycles.